The Morgan fingerprint density at radius 3 is 2.41 bits per heavy atom. The second-order valence-corrected chi connectivity index (χ2v) is 10.6. The number of ether oxygens (including phenoxy) is 1. The molecule has 1 unspecified atom stereocenters. The molecular weight excluding hydrogens is 488 g/mol. The van der Waals surface area contributed by atoms with E-state index in [1.165, 1.54) is 12.1 Å². The average Bonchev–Trinajstić information content (AvgIpc) is 3.26. The van der Waals surface area contributed by atoms with Crippen molar-refractivity contribution in [3.8, 4) is 5.69 Å². The van der Waals surface area contributed by atoms with Crippen LogP contribution in [-0.2, 0) is 27.6 Å². The lowest BCUT2D eigenvalue weighted by atomic mass is 10.1. The highest BCUT2D eigenvalue weighted by molar-refractivity contribution is 7.90. The van der Waals surface area contributed by atoms with Crippen molar-refractivity contribution in [1.82, 2.24) is 19.6 Å². The van der Waals surface area contributed by atoms with Crippen molar-refractivity contribution in [3.63, 3.8) is 0 Å². The third-order valence-corrected chi connectivity index (χ3v) is 7.69. The second-order valence-electron chi connectivity index (χ2n) is 8.93. The van der Waals surface area contributed by atoms with Crippen LogP contribution in [0.1, 0.15) is 42.5 Å². The van der Waals surface area contributed by atoms with Crippen LogP contribution in [0.15, 0.2) is 71.6 Å². The summed E-state index contributed by atoms with van der Waals surface area (Å²) in [7, 11) is -2.22. The number of rotatable bonds is 9. The van der Waals surface area contributed by atoms with Gasteiger partial charge in [0.25, 0.3) is 10.0 Å². The normalized spacial score (nSPS) is 12.4. The van der Waals surface area contributed by atoms with Gasteiger partial charge < -0.3 is 10.1 Å². The van der Waals surface area contributed by atoms with Crippen molar-refractivity contribution in [2.24, 2.45) is 0 Å². The first-order valence-corrected chi connectivity index (χ1v) is 13.7. The Kier molecular flexibility index (Phi) is 7.94. The van der Waals surface area contributed by atoms with E-state index in [0.717, 1.165) is 45.7 Å². The fourth-order valence-corrected chi connectivity index (χ4v) is 5.06. The molecule has 8 nitrogen and oxygen atoms in total. The van der Waals surface area contributed by atoms with Gasteiger partial charge in [0, 0.05) is 25.8 Å². The maximum atomic E-state index is 12.4. The molecule has 194 valence electrons. The number of carbonyl (C=O) groups is 1. The third-order valence-electron chi connectivity index (χ3n) is 6.34. The van der Waals surface area contributed by atoms with Crippen LogP contribution in [0.25, 0.3) is 16.7 Å². The number of hydrogen-bond acceptors (Lipinski definition) is 5. The van der Waals surface area contributed by atoms with Gasteiger partial charge in [-0.2, -0.15) is 0 Å². The summed E-state index contributed by atoms with van der Waals surface area (Å²) in [6, 6.07) is 19.8. The summed E-state index contributed by atoms with van der Waals surface area (Å²) in [5.41, 5.74) is 6.01. The number of carbonyl (C=O) groups excluding carboxylic acids is 1. The Bertz CT molecular complexity index is 1490. The van der Waals surface area contributed by atoms with Crippen molar-refractivity contribution in [2.45, 2.75) is 44.6 Å². The van der Waals surface area contributed by atoms with Gasteiger partial charge in [-0.05, 0) is 67.8 Å². The number of imidazole rings is 1. The van der Waals surface area contributed by atoms with Gasteiger partial charge in [-0.25, -0.2) is 22.9 Å². The molecule has 0 aliphatic heterocycles. The van der Waals surface area contributed by atoms with Gasteiger partial charge in [0.2, 0.25) is 0 Å². The lowest BCUT2D eigenvalue weighted by molar-refractivity contribution is 0.119. The molecule has 1 atom stereocenters. The maximum Gasteiger partial charge on any atom is 0.328 e. The molecule has 0 saturated carbocycles. The van der Waals surface area contributed by atoms with E-state index in [0.29, 0.717) is 13.0 Å². The molecule has 0 aliphatic rings. The molecule has 2 N–H and O–H groups in total. The van der Waals surface area contributed by atoms with E-state index in [9.17, 15) is 13.2 Å². The first-order chi connectivity index (χ1) is 17.7. The summed E-state index contributed by atoms with van der Waals surface area (Å²) < 4.78 is 34.4. The van der Waals surface area contributed by atoms with Gasteiger partial charge in [0.15, 0.2) is 0 Å². The smallest absolute Gasteiger partial charge is 0.328 e. The molecule has 1 heterocycles. The average molecular weight is 521 g/mol. The SMILES string of the molecule is CCc1nc2cc(C(C)OC)ccc2n1-c1ccc(CCNC(=O)NS(=O)(=O)c2ccc(C)cc2)cc1. The molecule has 0 fully saturated rings. The first-order valence-electron chi connectivity index (χ1n) is 12.2. The molecule has 0 bridgehead atoms. The number of urea groups is 1. The van der Waals surface area contributed by atoms with Crippen LogP contribution in [0.5, 0.6) is 0 Å². The fraction of sp³-hybridized carbons (Fsp3) is 0.286. The summed E-state index contributed by atoms with van der Waals surface area (Å²) in [6.45, 7) is 6.26. The number of hydrogen-bond donors (Lipinski definition) is 2. The van der Waals surface area contributed by atoms with E-state index in [1.807, 2.05) is 38.1 Å². The second kappa shape index (κ2) is 11.1. The number of sulfonamides is 1. The van der Waals surface area contributed by atoms with Crippen LogP contribution < -0.4 is 10.0 Å². The third kappa shape index (κ3) is 6.00. The molecule has 3 aromatic carbocycles. The molecule has 4 aromatic rings. The van der Waals surface area contributed by atoms with Crippen molar-refractivity contribution in [3.05, 3.63) is 89.2 Å². The molecule has 0 radical (unpaired) electrons. The topological polar surface area (TPSA) is 102 Å². The highest BCUT2D eigenvalue weighted by Crippen LogP contribution is 2.26. The maximum absolute atomic E-state index is 12.4. The van der Waals surface area contributed by atoms with Crippen molar-refractivity contribution >= 4 is 27.1 Å². The number of aryl methyl sites for hydroxylation is 2. The van der Waals surface area contributed by atoms with Crippen molar-refractivity contribution < 1.29 is 17.9 Å². The van der Waals surface area contributed by atoms with E-state index in [2.05, 4.69) is 39.7 Å². The summed E-state index contributed by atoms with van der Waals surface area (Å²) in [6.07, 6.45) is 1.34. The minimum Gasteiger partial charge on any atom is -0.377 e. The van der Waals surface area contributed by atoms with Crippen LogP contribution in [0, 0.1) is 6.92 Å². The van der Waals surface area contributed by atoms with Crippen LogP contribution in [0.4, 0.5) is 4.79 Å². The molecule has 0 aliphatic carbocycles. The molecule has 4 rings (SSSR count). The monoisotopic (exact) mass is 520 g/mol. The fourth-order valence-electron chi connectivity index (χ4n) is 4.13. The predicted molar refractivity (Wildman–Crippen MR) is 144 cm³/mol. The Morgan fingerprint density at radius 2 is 1.76 bits per heavy atom. The highest BCUT2D eigenvalue weighted by Gasteiger charge is 2.17. The summed E-state index contributed by atoms with van der Waals surface area (Å²) in [5.74, 6) is 0.970. The van der Waals surface area contributed by atoms with E-state index < -0.39 is 16.1 Å². The van der Waals surface area contributed by atoms with Crippen molar-refractivity contribution in [1.29, 1.82) is 0 Å². The number of fused-ring (bicyclic) bond motifs is 1. The minimum absolute atomic E-state index is 0.00249. The molecule has 0 spiro atoms. The largest absolute Gasteiger partial charge is 0.377 e. The number of aromatic nitrogens is 2. The van der Waals surface area contributed by atoms with Crippen LogP contribution in [0.2, 0.25) is 0 Å². The lowest BCUT2D eigenvalue weighted by Gasteiger charge is -2.12. The summed E-state index contributed by atoms with van der Waals surface area (Å²) in [5, 5.41) is 2.62. The first kappa shape index (κ1) is 26.4. The van der Waals surface area contributed by atoms with E-state index in [4.69, 9.17) is 9.72 Å². The number of benzene rings is 3. The lowest BCUT2D eigenvalue weighted by Crippen LogP contribution is -2.40. The predicted octanol–water partition coefficient (Wildman–Crippen LogP) is 4.83. The van der Waals surface area contributed by atoms with Crippen LogP contribution in [0.3, 0.4) is 0 Å². The number of amides is 2. The number of nitrogens with one attached hydrogen (secondary N) is 2. The van der Waals surface area contributed by atoms with Gasteiger partial charge in [-0.1, -0.05) is 42.8 Å². The van der Waals surface area contributed by atoms with E-state index in [-0.39, 0.29) is 11.0 Å². The molecule has 1 aromatic heterocycles. The molecule has 0 saturated heterocycles. The summed E-state index contributed by atoms with van der Waals surface area (Å²) >= 11 is 0. The van der Waals surface area contributed by atoms with Gasteiger partial charge in [0.05, 0.1) is 22.0 Å². The van der Waals surface area contributed by atoms with Gasteiger partial charge in [0.1, 0.15) is 5.82 Å². The van der Waals surface area contributed by atoms with E-state index in [1.54, 1.807) is 19.2 Å². The number of nitrogens with zero attached hydrogens (tertiary/aromatic N) is 2. The molecular formula is C28H32N4O4S. The van der Waals surface area contributed by atoms with Crippen LogP contribution in [-0.4, -0.2) is 37.7 Å². The molecule has 2 amide bonds. The van der Waals surface area contributed by atoms with Gasteiger partial charge in [-0.3, -0.25) is 4.57 Å². The standard InChI is InChI=1S/C28H32N4O4S/c1-5-27-30-25-18-22(20(3)36-4)10-15-26(25)32(27)23-11-8-21(9-12-23)16-17-29-28(33)31-37(34,35)24-13-6-19(2)7-14-24/h6-15,18,20H,5,16-17H2,1-4H3,(H2,29,31,33). The minimum atomic E-state index is -3.91. The summed E-state index contributed by atoms with van der Waals surface area (Å²) in [4.78, 5) is 17.0. The highest BCUT2D eigenvalue weighted by atomic mass is 32.2. The van der Waals surface area contributed by atoms with Gasteiger partial charge >= 0.3 is 6.03 Å². The van der Waals surface area contributed by atoms with E-state index >= 15 is 0 Å². The zero-order chi connectivity index (χ0) is 26.6. The van der Waals surface area contributed by atoms with Crippen molar-refractivity contribution in [2.75, 3.05) is 13.7 Å². The Labute approximate surface area is 217 Å². The Morgan fingerprint density at radius 1 is 1.05 bits per heavy atom. The quantitative estimate of drug-likeness (QED) is 0.329. The Hall–Kier alpha value is -3.69. The Balaban J connectivity index is 1.40. The zero-order valence-electron chi connectivity index (χ0n) is 21.5. The molecule has 9 heteroatoms. The van der Waals surface area contributed by atoms with Crippen LogP contribution >= 0.6 is 0 Å². The molecule has 37 heavy (non-hydrogen) atoms. The zero-order valence-corrected chi connectivity index (χ0v) is 22.3. The van der Waals surface area contributed by atoms with Gasteiger partial charge in [-0.15, -0.1) is 0 Å². The number of methoxy groups -OCH3 is 1.